The summed E-state index contributed by atoms with van der Waals surface area (Å²) in [6.07, 6.45) is 30.8. The summed E-state index contributed by atoms with van der Waals surface area (Å²) in [4.78, 5) is 24.8. The molecule has 0 radical (unpaired) electrons. The summed E-state index contributed by atoms with van der Waals surface area (Å²) in [6.45, 7) is 6.69. The van der Waals surface area contributed by atoms with Gasteiger partial charge in [0.25, 0.3) is 0 Å². The van der Waals surface area contributed by atoms with Gasteiger partial charge in [-0.3, -0.25) is 9.59 Å². The summed E-state index contributed by atoms with van der Waals surface area (Å²) in [5, 5.41) is 10.2. The van der Waals surface area contributed by atoms with Crippen molar-refractivity contribution in [1.82, 2.24) is 0 Å². The number of rotatable bonds is 32. The van der Waals surface area contributed by atoms with Crippen molar-refractivity contribution in [2.75, 3.05) is 19.8 Å². The van der Waals surface area contributed by atoms with Crippen molar-refractivity contribution in [3.63, 3.8) is 0 Å². The maximum atomic E-state index is 12.4. The maximum absolute atomic E-state index is 12.4. The lowest BCUT2D eigenvalue weighted by molar-refractivity contribution is -0.157. The van der Waals surface area contributed by atoms with Crippen LogP contribution in [0.2, 0.25) is 0 Å². The molecule has 0 saturated carbocycles. The molecule has 0 rings (SSSR count). The fraction of sp³-hybridized carbons (Fsp3) is 0.944. The molecule has 0 amide bonds. The van der Waals surface area contributed by atoms with E-state index in [0.717, 1.165) is 38.5 Å². The van der Waals surface area contributed by atoms with Crippen molar-refractivity contribution in [1.29, 1.82) is 0 Å². The average Bonchev–Trinajstić information content (AvgIpc) is 2.98. The van der Waals surface area contributed by atoms with E-state index in [-0.39, 0.29) is 31.8 Å². The molecule has 0 aliphatic rings. The van der Waals surface area contributed by atoms with Crippen molar-refractivity contribution >= 4 is 11.9 Å². The number of unbranched alkanes of at least 4 members (excludes halogenated alkanes) is 21. The molecule has 5 nitrogen and oxygen atoms in total. The third-order valence-electron chi connectivity index (χ3n) is 8.44. The molecular formula is C36H70O5. The highest BCUT2D eigenvalue weighted by atomic mass is 16.5. The minimum absolute atomic E-state index is 0.117. The molecule has 0 aromatic heterocycles. The van der Waals surface area contributed by atoms with Crippen LogP contribution in [-0.2, 0) is 19.1 Å². The second kappa shape index (κ2) is 30.4. The van der Waals surface area contributed by atoms with Crippen LogP contribution in [0.15, 0.2) is 0 Å². The first kappa shape index (κ1) is 39.9. The first-order valence-corrected chi connectivity index (χ1v) is 18.0. The first-order valence-electron chi connectivity index (χ1n) is 18.0. The van der Waals surface area contributed by atoms with E-state index in [2.05, 4.69) is 20.8 Å². The number of carbonyl (C=O) groups excluding carboxylic acids is 2. The molecule has 0 bridgehead atoms. The Morgan fingerprint density at radius 1 is 0.463 bits per heavy atom. The summed E-state index contributed by atoms with van der Waals surface area (Å²) in [5.74, 6) is -0.412. The number of hydrogen-bond donors (Lipinski definition) is 1. The van der Waals surface area contributed by atoms with Gasteiger partial charge in [0.05, 0.1) is 12.0 Å². The van der Waals surface area contributed by atoms with Gasteiger partial charge >= 0.3 is 11.9 Å². The molecule has 0 spiro atoms. The summed E-state index contributed by atoms with van der Waals surface area (Å²) < 4.78 is 11.2. The lowest BCUT2D eigenvalue weighted by Gasteiger charge is -2.30. The minimum atomic E-state index is -0.699. The van der Waals surface area contributed by atoms with Crippen LogP contribution in [0.4, 0.5) is 0 Å². The molecule has 1 N–H and O–H groups in total. The largest absolute Gasteiger partial charge is 0.465 e. The number of ether oxygens (including phenoxy) is 2. The molecule has 0 fully saturated rings. The molecule has 0 aliphatic carbocycles. The van der Waals surface area contributed by atoms with Gasteiger partial charge in [-0.2, -0.15) is 0 Å². The quantitative estimate of drug-likeness (QED) is 0.0631. The van der Waals surface area contributed by atoms with Gasteiger partial charge in [0.1, 0.15) is 13.2 Å². The van der Waals surface area contributed by atoms with Gasteiger partial charge in [-0.1, -0.05) is 162 Å². The zero-order valence-electron chi connectivity index (χ0n) is 27.8. The smallest absolute Gasteiger partial charge is 0.305 e. The zero-order valence-corrected chi connectivity index (χ0v) is 27.8. The van der Waals surface area contributed by atoms with Crippen LogP contribution in [0.3, 0.4) is 0 Å². The summed E-state index contributed by atoms with van der Waals surface area (Å²) in [6, 6.07) is 0. The van der Waals surface area contributed by atoms with Crippen LogP contribution in [0.1, 0.15) is 194 Å². The van der Waals surface area contributed by atoms with Gasteiger partial charge < -0.3 is 14.6 Å². The molecule has 244 valence electrons. The molecule has 0 aromatic carbocycles. The topological polar surface area (TPSA) is 72.8 Å². The molecule has 0 aromatic rings. The molecule has 41 heavy (non-hydrogen) atoms. The summed E-state index contributed by atoms with van der Waals surface area (Å²) in [5.41, 5.74) is -0.699. The van der Waals surface area contributed by atoms with E-state index in [0.29, 0.717) is 19.3 Å². The number of carbonyl (C=O) groups is 2. The molecule has 0 unspecified atom stereocenters. The minimum Gasteiger partial charge on any atom is -0.465 e. The predicted molar refractivity (Wildman–Crippen MR) is 173 cm³/mol. The third-order valence-corrected chi connectivity index (χ3v) is 8.44. The fourth-order valence-electron chi connectivity index (χ4n) is 5.39. The van der Waals surface area contributed by atoms with Crippen LogP contribution in [0.5, 0.6) is 0 Å². The predicted octanol–water partition coefficient (Wildman–Crippen LogP) is 10.6. The third kappa shape index (κ3) is 26.3. The van der Waals surface area contributed by atoms with Gasteiger partial charge in [-0.15, -0.1) is 0 Å². The molecule has 0 saturated heterocycles. The maximum Gasteiger partial charge on any atom is 0.305 e. The second-order valence-corrected chi connectivity index (χ2v) is 12.7. The van der Waals surface area contributed by atoms with E-state index in [1.54, 1.807) is 0 Å². The SMILES string of the molecule is CCCCCCCCCCCCCC(=O)OCC(CO)(CCCC)COC(=O)CCCCCCCCCCCCC. The van der Waals surface area contributed by atoms with E-state index >= 15 is 0 Å². The standard InChI is InChI=1S/C36H70O5/c1-4-7-10-12-14-16-18-20-22-24-26-28-34(38)40-32-36(31-37,30-9-6-3)33-41-35(39)29-27-25-23-21-19-17-15-13-11-8-5-2/h37H,4-33H2,1-3H3. The Kier molecular flexibility index (Phi) is 29.5. The number of esters is 2. The summed E-state index contributed by atoms with van der Waals surface area (Å²) in [7, 11) is 0. The average molecular weight is 583 g/mol. The van der Waals surface area contributed by atoms with E-state index in [1.807, 2.05) is 0 Å². The van der Waals surface area contributed by atoms with Gasteiger partial charge in [-0.25, -0.2) is 0 Å². The lowest BCUT2D eigenvalue weighted by Crippen LogP contribution is -2.38. The van der Waals surface area contributed by atoms with Gasteiger partial charge in [0.2, 0.25) is 0 Å². The van der Waals surface area contributed by atoms with Crippen molar-refractivity contribution in [2.24, 2.45) is 5.41 Å². The number of hydrogen-bond acceptors (Lipinski definition) is 5. The van der Waals surface area contributed by atoms with Crippen molar-refractivity contribution in [3.8, 4) is 0 Å². The number of aliphatic hydroxyl groups is 1. The van der Waals surface area contributed by atoms with E-state index in [1.165, 1.54) is 116 Å². The first-order chi connectivity index (χ1) is 20.0. The molecular weight excluding hydrogens is 512 g/mol. The van der Waals surface area contributed by atoms with E-state index < -0.39 is 5.41 Å². The highest BCUT2D eigenvalue weighted by molar-refractivity contribution is 5.69. The fourth-order valence-corrected chi connectivity index (χ4v) is 5.39. The van der Waals surface area contributed by atoms with E-state index in [4.69, 9.17) is 9.47 Å². The Labute approximate surface area is 255 Å². The Morgan fingerprint density at radius 2 is 0.756 bits per heavy atom. The molecule has 0 atom stereocenters. The lowest BCUT2D eigenvalue weighted by atomic mass is 9.85. The van der Waals surface area contributed by atoms with Crippen molar-refractivity contribution in [3.05, 3.63) is 0 Å². The monoisotopic (exact) mass is 583 g/mol. The van der Waals surface area contributed by atoms with E-state index in [9.17, 15) is 14.7 Å². The Hall–Kier alpha value is -1.10. The van der Waals surface area contributed by atoms with Gasteiger partial charge in [0, 0.05) is 12.8 Å². The Balaban J connectivity index is 4.06. The Morgan fingerprint density at radius 3 is 1.05 bits per heavy atom. The van der Waals surface area contributed by atoms with Gasteiger partial charge in [0.15, 0.2) is 0 Å². The van der Waals surface area contributed by atoms with Crippen LogP contribution in [0, 0.1) is 5.41 Å². The van der Waals surface area contributed by atoms with Crippen LogP contribution in [-0.4, -0.2) is 36.9 Å². The molecule has 0 aliphatic heterocycles. The highest BCUT2D eigenvalue weighted by Crippen LogP contribution is 2.26. The second-order valence-electron chi connectivity index (χ2n) is 12.7. The number of aliphatic hydroxyl groups excluding tert-OH is 1. The Bertz CT molecular complexity index is 534. The van der Waals surface area contributed by atoms with Gasteiger partial charge in [-0.05, 0) is 19.3 Å². The van der Waals surface area contributed by atoms with Crippen LogP contribution < -0.4 is 0 Å². The van der Waals surface area contributed by atoms with Crippen LogP contribution in [0.25, 0.3) is 0 Å². The van der Waals surface area contributed by atoms with Crippen molar-refractivity contribution < 1.29 is 24.2 Å². The van der Waals surface area contributed by atoms with Crippen molar-refractivity contribution in [2.45, 2.75) is 194 Å². The molecule has 0 heterocycles. The zero-order chi connectivity index (χ0) is 30.3. The normalized spacial score (nSPS) is 11.6. The summed E-state index contributed by atoms with van der Waals surface area (Å²) >= 11 is 0. The molecule has 5 heteroatoms. The highest BCUT2D eigenvalue weighted by Gasteiger charge is 2.32. The van der Waals surface area contributed by atoms with Crippen LogP contribution >= 0.6 is 0 Å².